The fourth-order valence-corrected chi connectivity index (χ4v) is 4.00. The number of terminal acetylenes is 1. The van der Waals surface area contributed by atoms with Gasteiger partial charge in [0.2, 0.25) is 11.8 Å². The standard InChI is InChI=1S/C30H38N4O6/c1-8-19(3)34(28(37)24(18-25(31)35)33-29(38)40-30(4,5)6)26(23-13-11-10-12-20(23)9-2)27(36)32-21-14-16-22(39-7)17-15-21/h2,10-17,19,24,26H,8,18H2,1,3-7H3,(H2,31,35)(H,32,36)(H,33,38). The summed E-state index contributed by atoms with van der Waals surface area (Å²) in [6.07, 6.45) is 4.82. The van der Waals surface area contributed by atoms with E-state index < -0.39 is 54.0 Å². The van der Waals surface area contributed by atoms with Crippen LogP contribution >= 0.6 is 0 Å². The molecule has 0 saturated heterocycles. The predicted molar refractivity (Wildman–Crippen MR) is 152 cm³/mol. The minimum atomic E-state index is -1.39. The second-order valence-electron chi connectivity index (χ2n) is 10.2. The summed E-state index contributed by atoms with van der Waals surface area (Å²) in [4.78, 5) is 54.0. The molecule has 2 rings (SSSR count). The highest BCUT2D eigenvalue weighted by atomic mass is 16.6. The van der Waals surface area contributed by atoms with Crippen molar-refractivity contribution in [3.05, 3.63) is 59.7 Å². The summed E-state index contributed by atoms with van der Waals surface area (Å²) < 4.78 is 10.5. The van der Waals surface area contributed by atoms with Crippen molar-refractivity contribution in [2.45, 2.75) is 71.2 Å². The van der Waals surface area contributed by atoms with Gasteiger partial charge < -0.3 is 30.7 Å². The van der Waals surface area contributed by atoms with E-state index in [0.29, 0.717) is 29.0 Å². The molecule has 0 aliphatic carbocycles. The van der Waals surface area contributed by atoms with Crippen LogP contribution in [-0.2, 0) is 19.1 Å². The molecule has 214 valence electrons. The van der Waals surface area contributed by atoms with E-state index in [4.69, 9.17) is 21.6 Å². The zero-order valence-electron chi connectivity index (χ0n) is 23.8. The number of benzene rings is 2. The lowest BCUT2D eigenvalue weighted by Crippen LogP contribution is -2.55. The third kappa shape index (κ3) is 8.76. The van der Waals surface area contributed by atoms with Gasteiger partial charge in [0.15, 0.2) is 0 Å². The van der Waals surface area contributed by atoms with Gasteiger partial charge in [-0.2, -0.15) is 0 Å². The van der Waals surface area contributed by atoms with E-state index in [-0.39, 0.29) is 0 Å². The van der Waals surface area contributed by atoms with Crippen molar-refractivity contribution < 1.29 is 28.7 Å². The Morgan fingerprint density at radius 1 is 1.07 bits per heavy atom. The van der Waals surface area contributed by atoms with Crippen LogP contribution in [0.1, 0.15) is 64.6 Å². The molecule has 0 saturated carbocycles. The molecule has 0 aromatic heterocycles. The second kappa shape index (κ2) is 14.0. The highest BCUT2D eigenvalue weighted by Crippen LogP contribution is 2.30. The summed E-state index contributed by atoms with van der Waals surface area (Å²) in [6.45, 7) is 8.61. The van der Waals surface area contributed by atoms with Gasteiger partial charge in [0.1, 0.15) is 23.4 Å². The molecule has 2 aromatic rings. The Hall–Kier alpha value is -4.52. The van der Waals surface area contributed by atoms with Crippen LogP contribution in [0.25, 0.3) is 0 Å². The smallest absolute Gasteiger partial charge is 0.408 e. The van der Waals surface area contributed by atoms with Crippen LogP contribution in [0.15, 0.2) is 48.5 Å². The summed E-state index contributed by atoms with van der Waals surface area (Å²) in [5.74, 6) is 1.13. The molecule has 0 aliphatic heterocycles. The summed E-state index contributed by atoms with van der Waals surface area (Å²) in [6, 6.07) is 10.4. The van der Waals surface area contributed by atoms with Gasteiger partial charge in [-0.1, -0.05) is 31.0 Å². The Kier molecular flexibility index (Phi) is 11.1. The molecule has 0 fully saturated rings. The van der Waals surface area contributed by atoms with Gasteiger partial charge in [-0.05, 0) is 70.0 Å². The van der Waals surface area contributed by atoms with Crippen LogP contribution in [0, 0.1) is 12.3 Å². The molecule has 0 radical (unpaired) electrons. The van der Waals surface area contributed by atoms with Crippen LogP contribution < -0.4 is 21.1 Å². The monoisotopic (exact) mass is 550 g/mol. The van der Waals surface area contributed by atoms with Gasteiger partial charge in [0, 0.05) is 17.3 Å². The Balaban J connectivity index is 2.62. The SMILES string of the molecule is C#Cc1ccccc1C(C(=O)Nc1ccc(OC)cc1)N(C(=O)C(CC(N)=O)NC(=O)OC(C)(C)C)C(C)CC. The average Bonchev–Trinajstić information content (AvgIpc) is 2.89. The highest BCUT2D eigenvalue weighted by molar-refractivity contribution is 6.00. The molecule has 40 heavy (non-hydrogen) atoms. The van der Waals surface area contributed by atoms with Gasteiger partial charge in [-0.25, -0.2) is 4.79 Å². The van der Waals surface area contributed by atoms with Gasteiger partial charge in [0.25, 0.3) is 5.91 Å². The van der Waals surface area contributed by atoms with E-state index >= 15 is 0 Å². The Morgan fingerprint density at radius 3 is 2.23 bits per heavy atom. The van der Waals surface area contributed by atoms with E-state index in [1.165, 1.54) is 12.0 Å². The quantitative estimate of drug-likeness (QED) is 0.364. The van der Waals surface area contributed by atoms with E-state index in [1.807, 2.05) is 6.92 Å². The molecular weight excluding hydrogens is 512 g/mol. The minimum absolute atomic E-state index is 0.403. The van der Waals surface area contributed by atoms with Crippen LogP contribution in [0.3, 0.4) is 0 Å². The summed E-state index contributed by atoms with van der Waals surface area (Å²) in [5.41, 5.74) is 5.86. The zero-order valence-corrected chi connectivity index (χ0v) is 23.8. The largest absolute Gasteiger partial charge is 0.497 e. The lowest BCUT2D eigenvalue weighted by molar-refractivity contribution is -0.144. The maximum atomic E-state index is 14.1. The van der Waals surface area contributed by atoms with Crippen molar-refractivity contribution in [1.29, 1.82) is 0 Å². The number of ether oxygens (including phenoxy) is 2. The van der Waals surface area contributed by atoms with Crippen LogP contribution in [0.5, 0.6) is 5.75 Å². The lowest BCUT2D eigenvalue weighted by Gasteiger charge is -2.38. The summed E-state index contributed by atoms with van der Waals surface area (Å²) in [7, 11) is 1.53. The van der Waals surface area contributed by atoms with Gasteiger partial charge in [-0.3, -0.25) is 14.4 Å². The van der Waals surface area contributed by atoms with E-state index in [1.54, 1.807) is 76.2 Å². The summed E-state index contributed by atoms with van der Waals surface area (Å²) in [5, 5.41) is 5.31. The highest BCUT2D eigenvalue weighted by Gasteiger charge is 2.39. The molecule has 3 atom stereocenters. The van der Waals surface area contributed by atoms with Crippen molar-refractivity contribution in [3.63, 3.8) is 0 Å². The number of nitrogens with one attached hydrogen (secondary N) is 2. The Bertz CT molecular complexity index is 1250. The first-order valence-corrected chi connectivity index (χ1v) is 12.9. The number of alkyl carbamates (subject to hydrolysis) is 1. The third-order valence-electron chi connectivity index (χ3n) is 6.01. The molecule has 0 bridgehead atoms. The average molecular weight is 551 g/mol. The molecule has 4 amide bonds. The molecule has 10 heteroatoms. The number of primary amides is 1. The fraction of sp³-hybridized carbons (Fsp3) is 0.400. The first-order chi connectivity index (χ1) is 18.8. The first kappa shape index (κ1) is 31.7. The number of nitrogens with two attached hydrogens (primary N) is 1. The number of methoxy groups -OCH3 is 1. The predicted octanol–water partition coefficient (Wildman–Crippen LogP) is 3.75. The molecule has 0 spiro atoms. The normalized spacial score (nSPS) is 13.1. The number of amides is 4. The minimum Gasteiger partial charge on any atom is -0.497 e. The number of hydrogen-bond donors (Lipinski definition) is 3. The number of anilines is 1. The molecule has 2 aromatic carbocycles. The van der Waals surface area contributed by atoms with E-state index in [2.05, 4.69) is 16.6 Å². The molecule has 4 N–H and O–H groups in total. The van der Waals surface area contributed by atoms with Crippen molar-refractivity contribution in [1.82, 2.24) is 10.2 Å². The van der Waals surface area contributed by atoms with E-state index in [9.17, 15) is 19.2 Å². The van der Waals surface area contributed by atoms with Crippen LogP contribution in [0.2, 0.25) is 0 Å². The van der Waals surface area contributed by atoms with Crippen molar-refractivity contribution in [3.8, 4) is 18.1 Å². The van der Waals surface area contributed by atoms with Crippen LogP contribution in [-0.4, -0.2) is 53.5 Å². The number of rotatable bonds is 11. The van der Waals surface area contributed by atoms with Gasteiger partial charge in [0.05, 0.1) is 13.5 Å². The second-order valence-corrected chi connectivity index (χ2v) is 10.2. The summed E-state index contributed by atoms with van der Waals surface area (Å²) >= 11 is 0. The van der Waals surface area contributed by atoms with Crippen molar-refractivity contribution in [2.75, 3.05) is 12.4 Å². The van der Waals surface area contributed by atoms with E-state index in [0.717, 1.165) is 0 Å². The maximum absolute atomic E-state index is 14.1. The number of hydrogen-bond acceptors (Lipinski definition) is 6. The van der Waals surface area contributed by atoms with Gasteiger partial charge in [-0.15, -0.1) is 6.42 Å². The lowest BCUT2D eigenvalue weighted by atomic mass is 9.95. The topological polar surface area (TPSA) is 140 Å². The molecule has 3 unspecified atom stereocenters. The van der Waals surface area contributed by atoms with Crippen molar-refractivity contribution in [2.24, 2.45) is 5.73 Å². The van der Waals surface area contributed by atoms with Crippen LogP contribution in [0.4, 0.5) is 10.5 Å². The molecule has 0 aliphatic rings. The molecule has 0 heterocycles. The number of carbonyl (C=O) groups excluding carboxylic acids is 4. The van der Waals surface area contributed by atoms with Crippen molar-refractivity contribution >= 4 is 29.5 Å². The first-order valence-electron chi connectivity index (χ1n) is 12.9. The molecular formula is C30H38N4O6. The molecule has 10 nitrogen and oxygen atoms in total. The Labute approximate surface area is 235 Å². The number of carbonyl (C=O) groups is 4. The zero-order chi connectivity index (χ0) is 30.0. The number of nitrogens with zero attached hydrogens (tertiary/aromatic N) is 1. The van der Waals surface area contributed by atoms with Gasteiger partial charge >= 0.3 is 6.09 Å². The Morgan fingerprint density at radius 2 is 1.70 bits per heavy atom. The third-order valence-corrected chi connectivity index (χ3v) is 6.01. The maximum Gasteiger partial charge on any atom is 0.408 e. The fourth-order valence-electron chi connectivity index (χ4n) is 4.00.